The highest BCUT2D eigenvalue weighted by Crippen LogP contribution is 2.36. The number of fused-ring (bicyclic) bond motifs is 1. The van der Waals surface area contributed by atoms with Gasteiger partial charge in [0.2, 0.25) is 0 Å². The first-order valence-corrected chi connectivity index (χ1v) is 7.86. The smallest absolute Gasteiger partial charge is 0.252 e. The van der Waals surface area contributed by atoms with Crippen LogP contribution in [0.2, 0.25) is 0 Å². The second-order valence-corrected chi connectivity index (χ2v) is 6.22. The summed E-state index contributed by atoms with van der Waals surface area (Å²) in [5.41, 5.74) is 2.05. The van der Waals surface area contributed by atoms with Gasteiger partial charge in [-0.05, 0) is 24.1 Å². The molecule has 7 nitrogen and oxygen atoms in total. The van der Waals surface area contributed by atoms with Crippen LogP contribution >= 0.6 is 0 Å². The summed E-state index contributed by atoms with van der Waals surface area (Å²) in [6, 6.07) is 9.11. The molecule has 4 rings (SSSR count). The molecule has 0 saturated carbocycles. The minimum Gasteiger partial charge on any atom is -0.353 e. The Bertz CT molecular complexity index is 957. The Balaban J connectivity index is 1.67. The third-order valence-corrected chi connectivity index (χ3v) is 4.65. The third kappa shape index (κ3) is 2.43. The molecule has 1 spiro atoms. The van der Waals surface area contributed by atoms with Crippen molar-refractivity contribution in [3.8, 4) is 17.3 Å². The topological polar surface area (TPSA) is 85.4 Å². The van der Waals surface area contributed by atoms with Gasteiger partial charge in [0.25, 0.3) is 5.91 Å². The number of anilines is 2. The molecule has 1 aromatic heterocycles. The van der Waals surface area contributed by atoms with Crippen molar-refractivity contribution in [3.63, 3.8) is 0 Å². The van der Waals surface area contributed by atoms with Crippen molar-refractivity contribution in [1.82, 2.24) is 9.88 Å². The molecule has 0 aliphatic carbocycles. The molecule has 2 aliphatic heterocycles. The molecule has 122 valence electrons. The summed E-state index contributed by atoms with van der Waals surface area (Å²) in [5, 5.41) is 15.2. The van der Waals surface area contributed by atoms with E-state index in [1.807, 2.05) is 18.2 Å². The zero-order valence-corrected chi connectivity index (χ0v) is 13.3. The predicted octanol–water partition coefficient (Wildman–Crippen LogP) is 2.59. The van der Waals surface area contributed by atoms with Crippen molar-refractivity contribution in [2.75, 3.05) is 23.7 Å². The molecule has 1 aromatic carbocycles. The monoisotopic (exact) mass is 330 g/mol. The maximum atomic E-state index is 12.6. The minimum absolute atomic E-state index is 0.147. The number of benzene rings is 1. The molecule has 0 unspecified atom stereocenters. The second-order valence-electron chi connectivity index (χ2n) is 6.22. The first kappa shape index (κ1) is 15.0. The molecule has 7 heteroatoms. The number of aromatic nitrogens is 1. The summed E-state index contributed by atoms with van der Waals surface area (Å²) in [5.74, 6) is 0.455. The number of carbonyl (C=O) groups excluding carboxylic acids is 1. The Kier molecular flexibility index (Phi) is 3.29. The quantitative estimate of drug-likeness (QED) is 0.620. The van der Waals surface area contributed by atoms with Crippen LogP contribution in [0.3, 0.4) is 0 Å². The first-order valence-electron chi connectivity index (χ1n) is 7.86. The molecule has 0 bridgehead atoms. The van der Waals surface area contributed by atoms with Crippen molar-refractivity contribution in [3.05, 3.63) is 47.9 Å². The molecule has 1 amide bonds. The number of rotatable bonds is 1. The average molecular weight is 330 g/mol. The number of hydrogen-bond acceptors (Lipinski definition) is 5. The number of nitrogens with one attached hydrogen (secondary N) is 2. The molecular formula is C18H14N6O. The van der Waals surface area contributed by atoms with E-state index in [2.05, 4.69) is 26.7 Å². The third-order valence-electron chi connectivity index (χ3n) is 4.65. The van der Waals surface area contributed by atoms with Crippen LogP contribution in [0.15, 0.2) is 36.5 Å². The first-order chi connectivity index (χ1) is 12.1. The van der Waals surface area contributed by atoms with E-state index in [4.69, 9.17) is 11.8 Å². The summed E-state index contributed by atoms with van der Waals surface area (Å²) in [4.78, 5) is 22.1. The Morgan fingerprint density at radius 1 is 1.36 bits per heavy atom. The van der Waals surface area contributed by atoms with Crippen LogP contribution in [-0.2, 0) is 4.79 Å². The van der Waals surface area contributed by atoms with Gasteiger partial charge in [0, 0.05) is 18.3 Å². The number of likely N-dealkylation sites (tertiary alicyclic amines) is 1. The lowest BCUT2D eigenvalue weighted by Gasteiger charge is -2.34. The van der Waals surface area contributed by atoms with Crippen LogP contribution in [0, 0.1) is 18.0 Å². The lowest BCUT2D eigenvalue weighted by molar-refractivity contribution is -0.120. The lowest BCUT2D eigenvalue weighted by Crippen LogP contribution is -2.54. The zero-order chi connectivity index (χ0) is 17.4. The number of pyridine rings is 1. The van der Waals surface area contributed by atoms with E-state index in [1.54, 1.807) is 23.2 Å². The summed E-state index contributed by atoms with van der Waals surface area (Å²) in [7, 11) is 0. The largest absolute Gasteiger partial charge is 0.353 e. The molecule has 2 aliphatic rings. The van der Waals surface area contributed by atoms with E-state index in [-0.39, 0.29) is 5.91 Å². The van der Waals surface area contributed by atoms with Crippen LogP contribution in [0.4, 0.5) is 17.2 Å². The van der Waals surface area contributed by atoms with Gasteiger partial charge in [0.1, 0.15) is 5.54 Å². The van der Waals surface area contributed by atoms with E-state index in [1.165, 1.54) is 0 Å². The molecule has 2 aromatic rings. The van der Waals surface area contributed by atoms with E-state index in [0.29, 0.717) is 36.7 Å². The fourth-order valence-corrected chi connectivity index (χ4v) is 3.28. The maximum absolute atomic E-state index is 12.6. The van der Waals surface area contributed by atoms with Gasteiger partial charge in [0.15, 0.2) is 17.7 Å². The lowest BCUT2D eigenvalue weighted by atomic mass is 9.94. The minimum atomic E-state index is -0.804. The molecule has 3 heterocycles. The van der Waals surface area contributed by atoms with Crippen molar-refractivity contribution in [2.45, 2.75) is 12.0 Å². The summed E-state index contributed by atoms with van der Waals surface area (Å²) in [6.45, 7) is 8.01. The van der Waals surface area contributed by atoms with Crippen LogP contribution < -0.4 is 10.6 Å². The summed E-state index contributed by atoms with van der Waals surface area (Å²) in [6.07, 6.45) is 4.37. The van der Waals surface area contributed by atoms with Crippen LogP contribution in [-0.4, -0.2) is 34.4 Å². The molecule has 1 saturated heterocycles. The highest BCUT2D eigenvalue weighted by atomic mass is 16.2. The highest BCUT2D eigenvalue weighted by Gasteiger charge is 2.47. The van der Waals surface area contributed by atoms with Crippen molar-refractivity contribution >= 4 is 23.1 Å². The van der Waals surface area contributed by atoms with Gasteiger partial charge in [-0.25, -0.2) is 9.83 Å². The van der Waals surface area contributed by atoms with Crippen molar-refractivity contribution in [2.24, 2.45) is 0 Å². The van der Waals surface area contributed by atoms with Gasteiger partial charge >= 0.3 is 0 Å². The van der Waals surface area contributed by atoms with E-state index < -0.39 is 5.54 Å². The maximum Gasteiger partial charge on any atom is 0.252 e. The van der Waals surface area contributed by atoms with Gasteiger partial charge in [-0.3, -0.25) is 4.79 Å². The standard InChI is InChI=1S/C18H14N6O/c1-20-14-4-2-3-12(7-14)13-8-15-16(21-9-13)23-18(17(25)22-15)5-6-24(10-18)11-19/h2-4,7-9H,5-6,10H2,(H,21,23)(H,22,25)/t18-/m0/s1. The predicted molar refractivity (Wildman–Crippen MR) is 92.7 cm³/mol. The summed E-state index contributed by atoms with van der Waals surface area (Å²) < 4.78 is 0. The van der Waals surface area contributed by atoms with Crippen LogP contribution in [0.25, 0.3) is 16.0 Å². The summed E-state index contributed by atoms with van der Waals surface area (Å²) >= 11 is 0. The van der Waals surface area contributed by atoms with Crippen LogP contribution in [0.1, 0.15) is 6.42 Å². The van der Waals surface area contributed by atoms with Gasteiger partial charge in [-0.1, -0.05) is 18.2 Å². The number of hydrogen-bond donors (Lipinski definition) is 2. The fraction of sp³-hybridized carbons (Fsp3) is 0.222. The SMILES string of the molecule is [C-]#[N+]c1cccc(-c2cnc3c(c2)NC(=O)[C@@]2(CCN(C#N)C2)N3)c1. The Hall–Kier alpha value is -3.58. The van der Waals surface area contributed by atoms with Gasteiger partial charge in [-0.15, -0.1) is 0 Å². The molecule has 0 radical (unpaired) electrons. The number of nitrogens with zero attached hydrogens (tertiary/aromatic N) is 4. The molecule has 1 atom stereocenters. The number of amides is 1. The van der Waals surface area contributed by atoms with Gasteiger partial charge in [-0.2, -0.15) is 5.26 Å². The normalized spacial score (nSPS) is 21.0. The van der Waals surface area contributed by atoms with Crippen molar-refractivity contribution in [1.29, 1.82) is 5.26 Å². The molecular weight excluding hydrogens is 316 g/mol. The van der Waals surface area contributed by atoms with E-state index >= 15 is 0 Å². The second kappa shape index (κ2) is 5.50. The highest BCUT2D eigenvalue weighted by molar-refractivity contribution is 6.06. The number of carbonyl (C=O) groups is 1. The zero-order valence-electron chi connectivity index (χ0n) is 13.3. The Morgan fingerprint density at radius 3 is 3.00 bits per heavy atom. The van der Waals surface area contributed by atoms with E-state index in [9.17, 15) is 4.79 Å². The Labute approximate surface area is 144 Å². The van der Waals surface area contributed by atoms with Crippen molar-refractivity contribution < 1.29 is 4.79 Å². The molecule has 2 N–H and O–H groups in total. The average Bonchev–Trinajstić information content (AvgIpc) is 3.06. The fourth-order valence-electron chi connectivity index (χ4n) is 3.28. The number of nitriles is 1. The molecule has 1 fully saturated rings. The Morgan fingerprint density at radius 2 is 2.24 bits per heavy atom. The molecule has 25 heavy (non-hydrogen) atoms. The van der Waals surface area contributed by atoms with Crippen LogP contribution in [0.5, 0.6) is 0 Å². The van der Waals surface area contributed by atoms with Gasteiger partial charge < -0.3 is 15.5 Å². The van der Waals surface area contributed by atoms with Gasteiger partial charge in [0.05, 0.1) is 18.8 Å². The van der Waals surface area contributed by atoms with E-state index in [0.717, 1.165) is 11.1 Å².